The molecule has 0 bridgehead atoms. The van der Waals surface area contributed by atoms with E-state index in [2.05, 4.69) is 12.2 Å². The van der Waals surface area contributed by atoms with Gasteiger partial charge in [-0.05, 0) is 31.9 Å². The number of nitro groups is 1. The lowest BCUT2D eigenvalue weighted by molar-refractivity contribution is -0.384. The summed E-state index contributed by atoms with van der Waals surface area (Å²) in [5.74, 6) is 0.641. The van der Waals surface area contributed by atoms with Crippen LogP contribution in [0.2, 0.25) is 0 Å². The van der Waals surface area contributed by atoms with E-state index in [4.69, 9.17) is 9.47 Å². The van der Waals surface area contributed by atoms with E-state index in [1.54, 1.807) is 12.1 Å². The van der Waals surface area contributed by atoms with Crippen LogP contribution in [0.3, 0.4) is 0 Å². The molecule has 1 heterocycles. The van der Waals surface area contributed by atoms with E-state index in [0.29, 0.717) is 24.5 Å². The molecule has 0 spiro atoms. The standard InChI is InChI=1S/C14H20N2O4/c1-11(14-3-2-9-20-14)15-8-10-19-13-6-4-12(5-7-13)16(17)18/h4-7,11,14-15H,2-3,8-10H2,1H3. The predicted molar refractivity (Wildman–Crippen MR) is 75.0 cm³/mol. The zero-order valence-corrected chi connectivity index (χ0v) is 11.6. The lowest BCUT2D eigenvalue weighted by atomic mass is 10.1. The van der Waals surface area contributed by atoms with Crippen molar-refractivity contribution in [1.82, 2.24) is 5.32 Å². The van der Waals surface area contributed by atoms with Crippen LogP contribution in [0.15, 0.2) is 24.3 Å². The molecule has 0 saturated carbocycles. The summed E-state index contributed by atoms with van der Waals surface area (Å²) in [6.07, 6.45) is 2.54. The van der Waals surface area contributed by atoms with Crippen LogP contribution in [0.1, 0.15) is 19.8 Å². The summed E-state index contributed by atoms with van der Waals surface area (Å²) in [5.41, 5.74) is 0.0717. The molecule has 1 saturated heterocycles. The Hall–Kier alpha value is -1.66. The van der Waals surface area contributed by atoms with E-state index in [9.17, 15) is 10.1 Å². The Kier molecular flexibility index (Phi) is 5.31. The fraction of sp³-hybridized carbons (Fsp3) is 0.571. The van der Waals surface area contributed by atoms with Gasteiger partial charge in [-0.25, -0.2) is 0 Å². The number of hydrogen-bond donors (Lipinski definition) is 1. The number of nitrogens with zero attached hydrogens (tertiary/aromatic N) is 1. The second kappa shape index (κ2) is 7.21. The molecule has 0 aliphatic carbocycles. The van der Waals surface area contributed by atoms with E-state index in [0.717, 1.165) is 26.0 Å². The Morgan fingerprint density at radius 1 is 1.50 bits per heavy atom. The highest BCUT2D eigenvalue weighted by atomic mass is 16.6. The van der Waals surface area contributed by atoms with Crippen molar-refractivity contribution in [2.24, 2.45) is 0 Å². The van der Waals surface area contributed by atoms with Crippen molar-refractivity contribution < 1.29 is 14.4 Å². The van der Waals surface area contributed by atoms with Crippen molar-refractivity contribution >= 4 is 5.69 Å². The molecule has 0 amide bonds. The first-order chi connectivity index (χ1) is 9.66. The summed E-state index contributed by atoms with van der Waals surface area (Å²) in [7, 11) is 0. The fourth-order valence-corrected chi connectivity index (χ4v) is 2.25. The number of nitrogens with one attached hydrogen (secondary N) is 1. The number of benzene rings is 1. The number of nitro benzene ring substituents is 1. The first-order valence-electron chi connectivity index (χ1n) is 6.89. The van der Waals surface area contributed by atoms with Crippen LogP contribution in [0.4, 0.5) is 5.69 Å². The molecule has 110 valence electrons. The van der Waals surface area contributed by atoms with Crippen LogP contribution in [0, 0.1) is 10.1 Å². The van der Waals surface area contributed by atoms with Crippen molar-refractivity contribution in [1.29, 1.82) is 0 Å². The second-order valence-corrected chi connectivity index (χ2v) is 4.89. The minimum Gasteiger partial charge on any atom is -0.492 e. The van der Waals surface area contributed by atoms with Crippen molar-refractivity contribution in [2.45, 2.75) is 31.9 Å². The second-order valence-electron chi connectivity index (χ2n) is 4.89. The van der Waals surface area contributed by atoms with Crippen molar-refractivity contribution in [3.63, 3.8) is 0 Å². The molecule has 1 aliphatic rings. The van der Waals surface area contributed by atoms with Gasteiger partial charge in [-0.3, -0.25) is 10.1 Å². The molecule has 6 heteroatoms. The van der Waals surface area contributed by atoms with Crippen LogP contribution >= 0.6 is 0 Å². The minimum atomic E-state index is -0.422. The van der Waals surface area contributed by atoms with Crippen LogP contribution in [0.5, 0.6) is 5.75 Å². The lowest BCUT2D eigenvalue weighted by Gasteiger charge is -2.20. The molecule has 1 aromatic rings. The lowest BCUT2D eigenvalue weighted by Crippen LogP contribution is -2.39. The molecule has 20 heavy (non-hydrogen) atoms. The first kappa shape index (κ1) is 14.7. The van der Waals surface area contributed by atoms with E-state index in [-0.39, 0.29) is 5.69 Å². The summed E-state index contributed by atoms with van der Waals surface area (Å²) < 4.78 is 11.1. The van der Waals surface area contributed by atoms with Gasteiger partial charge in [0.15, 0.2) is 0 Å². The summed E-state index contributed by atoms with van der Waals surface area (Å²) in [6, 6.07) is 6.43. The molecule has 1 aliphatic heterocycles. The van der Waals surface area contributed by atoms with Gasteiger partial charge >= 0.3 is 0 Å². The maximum atomic E-state index is 10.5. The highest BCUT2D eigenvalue weighted by molar-refractivity contribution is 5.35. The fourth-order valence-electron chi connectivity index (χ4n) is 2.25. The topological polar surface area (TPSA) is 73.6 Å². The van der Waals surface area contributed by atoms with Crippen LogP contribution in [-0.2, 0) is 4.74 Å². The SMILES string of the molecule is CC(NCCOc1ccc([N+](=O)[O-])cc1)C1CCCO1. The van der Waals surface area contributed by atoms with Gasteiger partial charge in [0.2, 0.25) is 0 Å². The largest absolute Gasteiger partial charge is 0.492 e. The maximum absolute atomic E-state index is 10.5. The predicted octanol–water partition coefficient (Wildman–Crippen LogP) is 2.13. The molecular weight excluding hydrogens is 260 g/mol. The molecule has 1 fully saturated rings. The summed E-state index contributed by atoms with van der Waals surface area (Å²) in [4.78, 5) is 10.1. The Bertz CT molecular complexity index is 429. The van der Waals surface area contributed by atoms with Crippen molar-refractivity contribution in [3.8, 4) is 5.75 Å². The van der Waals surface area contributed by atoms with Crippen molar-refractivity contribution in [3.05, 3.63) is 34.4 Å². The summed E-state index contributed by atoms with van der Waals surface area (Å²) in [5, 5.41) is 13.9. The van der Waals surface area contributed by atoms with E-state index >= 15 is 0 Å². The number of hydrogen-bond acceptors (Lipinski definition) is 5. The summed E-state index contributed by atoms with van der Waals surface area (Å²) in [6.45, 7) is 4.21. The molecule has 0 aromatic heterocycles. The Balaban J connectivity index is 1.66. The third-order valence-corrected chi connectivity index (χ3v) is 3.41. The average Bonchev–Trinajstić information content (AvgIpc) is 2.98. The monoisotopic (exact) mass is 280 g/mol. The molecular formula is C14H20N2O4. The first-order valence-corrected chi connectivity index (χ1v) is 6.89. The van der Waals surface area contributed by atoms with Gasteiger partial charge in [0.05, 0.1) is 11.0 Å². The Labute approximate surface area is 118 Å². The van der Waals surface area contributed by atoms with Gasteiger partial charge < -0.3 is 14.8 Å². The normalized spacial score (nSPS) is 19.8. The van der Waals surface area contributed by atoms with Gasteiger partial charge in [-0.15, -0.1) is 0 Å². The molecule has 2 unspecified atom stereocenters. The molecule has 0 radical (unpaired) electrons. The number of ether oxygens (including phenoxy) is 2. The average molecular weight is 280 g/mol. The molecule has 2 rings (SSSR count). The smallest absolute Gasteiger partial charge is 0.269 e. The van der Waals surface area contributed by atoms with Gasteiger partial charge in [-0.2, -0.15) is 0 Å². The number of non-ortho nitro benzene ring substituents is 1. The molecule has 2 atom stereocenters. The zero-order chi connectivity index (χ0) is 14.4. The number of rotatable bonds is 7. The van der Waals surface area contributed by atoms with E-state index in [1.165, 1.54) is 12.1 Å². The maximum Gasteiger partial charge on any atom is 0.269 e. The van der Waals surface area contributed by atoms with Crippen LogP contribution < -0.4 is 10.1 Å². The Morgan fingerprint density at radius 2 is 2.25 bits per heavy atom. The van der Waals surface area contributed by atoms with E-state index in [1.807, 2.05) is 0 Å². The zero-order valence-electron chi connectivity index (χ0n) is 11.6. The third-order valence-electron chi connectivity index (χ3n) is 3.41. The van der Waals surface area contributed by atoms with Gasteiger partial charge in [-0.1, -0.05) is 0 Å². The van der Waals surface area contributed by atoms with Gasteiger partial charge in [0.1, 0.15) is 12.4 Å². The highest BCUT2D eigenvalue weighted by Gasteiger charge is 2.21. The quantitative estimate of drug-likeness (QED) is 0.470. The van der Waals surface area contributed by atoms with Crippen molar-refractivity contribution in [2.75, 3.05) is 19.8 Å². The molecule has 6 nitrogen and oxygen atoms in total. The summed E-state index contributed by atoms with van der Waals surface area (Å²) >= 11 is 0. The van der Waals surface area contributed by atoms with Gasteiger partial charge in [0.25, 0.3) is 5.69 Å². The van der Waals surface area contributed by atoms with Crippen LogP contribution in [0.25, 0.3) is 0 Å². The van der Waals surface area contributed by atoms with E-state index < -0.39 is 4.92 Å². The minimum absolute atomic E-state index is 0.0717. The Morgan fingerprint density at radius 3 is 2.85 bits per heavy atom. The van der Waals surface area contributed by atoms with Gasteiger partial charge in [0, 0.05) is 31.3 Å². The molecule has 1 N–H and O–H groups in total. The van der Waals surface area contributed by atoms with Crippen LogP contribution in [-0.4, -0.2) is 36.8 Å². The highest BCUT2D eigenvalue weighted by Crippen LogP contribution is 2.17. The third kappa shape index (κ3) is 4.18. The molecule has 1 aromatic carbocycles.